The van der Waals surface area contributed by atoms with Gasteiger partial charge >= 0.3 is 0 Å². The number of aliphatic hydroxyl groups excluding tert-OH is 1. The summed E-state index contributed by atoms with van der Waals surface area (Å²) in [6.07, 6.45) is -0.521. The molecule has 0 fully saturated rings. The Labute approximate surface area is 110 Å². The molecule has 0 saturated heterocycles. The van der Waals surface area contributed by atoms with Gasteiger partial charge in [0.1, 0.15) is 17.3 Å². The van der Waals surface area contributed by atoms with Gasteiger partial charge in [0.05, 0.1) is 11.1 Å². The maximum Gasteiger partial charge on any atom is 0.145 e. The van der Waals surface area contributed by atoms with E-state index in [2.05, 4.69) is 0 Å². The van der Waals surface area contributed by atoms with Gasteiger partial charge in [-0.15, -0.1) is 0 Å². The van der Waals surface area contributed by atoms with Crippen LogP contribution in [0.3, 0.4) is 0 Å². The predicted molar refractivity (Wildman–Crippen MR) is 68.6 cm³/mol. The third-order valence-electron chi connectivity index (χ3n) is 2.49. The molecule has 1 N–H and O–H groups in total. The van der Waals surface area contributed by atoms with Gasteiger partial charge in [0.25, 0.3) is 0 Å². The van der Waals surface area contributed by atoms with Gasteiger partial charge in [0, 0.05) is 6.07 Å². The van der Waals surface area contributed by atoms with Gasteiger partial charge in [-0.2, -0.15) is 0 Å². The molecule has 18 heavy (non-hydrogen) atoms. The van der Waals surface area contributed by atoms with E-state index in [0.717, 1.165) is 5.56 Å². The summed E-state index contributed by atoms with van der Waals surface area (Å²) in [4.78, 5) is 0. The number of hydrogen-bond acceptors (Lipinski definition) is 2. The van der Waals surface area contributed by atoms with Crippen molar-refractivity contribution in [3.05, 3.63) is 58.9 Å². The lowest BCUT2D eigenvalue weighted by atomic mass is 10.1. The van der Waals surface area contributed by atoms with E-state index in [-0.39, 0.29) is 5.02 Å². The van der Waals surface area contributed by atoms with Crippen LogP contribution < -0.4 is 4.74 Å². The smallest absolute Gasteiger partial charge is 0.145 e. The number of rotatable bonds is 3. The van der Waals surface area contributed by atoms with Crippen LogP contribution in [0.2, 0.25) is 5.02 Å². The molecule has 0 radical (unpaired) electrons. The Balaban J connectivity index is 2.15. The van der Waals surface area contributed by atoms with Crippen LogP contribution in [-0.2, 0) is 0 Å². The fraction of sp³-hybridized carbons (Fsp3) is 0.143. The molecule has 1 atom stereocenters. The maximum atomic E-state index is 13.2. The minimum atomic E-state index is -0.521. The average Bonchev–Trinajstić information content (AvgIpc) is 2.34. The molecule has 4 heteroatoms. The van der Waals surface area contributed by atoms with Crippen molar-refractivity contribution in [2.75, 3.05) is 0 Å². The van der Waals surface area contributed by atoms with Crippen LogP contribution in [-0.4, -0.2) is 5.11 Å². The molecule has 2 nitrogen and oxygen atoms in total. The fourth-order valence-corrected chi connectivity index (χ4v) is 1.61. The minimum Gasteiger partial charge on any atom is -0.457 e. The zero-order chi connectivity index (χ0) is 13.1. The topological polar surface area (TPSA) is 29.5 Å². The number of aliphatic hydroxyl groups is 1. The molecule has 2 aromatic carbocycles. The fourth-order valence-electron chi connectivity index (χ4n) is 1.49. The van der Waals surface area contributed by atoms with Crippen molar-refractivity contribution in [1.82, 2.24) is 0 Å². The van der Waals surface area contributed by atoms with Crippen molar-refractivity contribution in [2.45, 2.75) is 13.0 Å². The monoisotopic (exact) mass is 266 g/mol. The predicted octanol–water partition coefficient (Wildman–Crippen LogP) is 4.32. The van der Waals surface area contributed by atoms with E-state index >= 15 is 0 Å². The summed E-state index contributed by atoms with van der Waals surface area (Å²) in [7, 11) is 0. The molecule has 2 rings (SSSR count). The van der Waals surface area contributed by atoms with Gasteiger partial charge in [-0.1, -0.05) is 23.7 Å². The van der Waals surface area contributed by atoms with Crippen molar-refractivity contribution < 1.29 is 14.2 Å². The molecule has 0 saturated carbocycles. The van der Waals surface area contributed by atoms with Crippen molar-refractivity contribution in [1.29, 1.82) is 0 Å². The van der Waals surface area contributed by atoms with Crippen molar-refractivity contribution >= 4 is 11.6 Å². The van der Waals surface area contributed by atoms with Crippen LogP contribution in [0.4, 0.5) is 4.39 Å². The maximum absolute atomic E-state index is 13.2. The lowest BCUT2D eigenvalue weighted by Crippen LogP contribution is -1.91. The van der Waals surface area contributed by atoms with Crippen LogP contribution in [0.25, 0.3) is 0 Å². The van der Waals surface area contributed by atoms with Crippen LogP contribution in [0.1, 0.15) is 18.6 Å². The Morgan fingerprint density at radius 2 is 1.72 bits per heavy atom. The number of ether oxygens (including phenoxy) is 1. The Morgan fingerprint density at radius 3 is 2.28 bits per heavy atom. The summed E-state index contributed by atoms with van der Waals surface area (Å²) in [6, 6.07) is 11.2. The highest BCUT2D eigenvalue weighted by Crippen LogP contribution is 2.26. The molecule has 0 aromatic heterocycles. The third-order valence-corrected chi connectivity index (χ3v) is 2.80. The zero-order valence-electron chi connectivity index (χ0n) is 9.73. The van der Waals surface area contributed by atoms with E-state index in [9.17, 15) is 9.50 Å². The summed E-state index contributed by atoms with van der Waals surface area (Å²) in [5, 5.41) is 9.43. The van der Waals surface area contributed by atoms with E-state index in [0.29, 0.717) is 11.5 Å². The van der Waals surface area contributed by atoms with E-state index in [1.807, 2.05) is 0 Å². The first-order valence-electron chi connectivity index (χ1n) is 5.47. The first-order chi connectivity index (χ1) is 8.56. The normalized spacial score (nSPS) is 12.2. The lowest BCUT2D eigenvalue weighted by molar-refractivity contribution is 0.199. The van der Waals surface area contributed by atoms with Crippen LogP contribution in [0.5, 0.6) is 11.5 Å². The van der Waals surface area contributed by atoms with Gasteiger partial charge in [0.15, 0.2) is 0 Å². The molecular formula is C14H12ClFO2. The number of benzene rings is 2. The summed E-state index contributed by atoms with van der Waals surface area (Å²) >= 11 is 5.58. The Kier molecular flexibility index (Phi) is 3.84. The Morgan fingerprint density at radius 1 is 1.11 bits per heavy atom. The first-order valence-corrected chi connectivity index (χ1v) is 5.85. The largest absolute Gasteiger partial charge is 0.457 e. The molecule has 0 heterocycles. The van der Waals surface area contributed by atoms with Crippen LogP contribution in [0.15, 0.2) is 42.5 Å². The summed E-state index contributed by atoms with van der Waals surface area (Å²) in [6.45, 7) is 1.68. The molecular weight excluding hydrogens is 255 g/mol. The SMILES string of the molecule is C[C@@H](O)c1ccc(Oc2ccc(Cl)c(F)c2)cc1. The van der Waals surface area contributed by atoms with Gasteiger partial charge < -0.3 is 9.84 Å². The Hall–Kier alpha value is -1.58. The van der Waals surface area contributed by atoms with E-state index in [4.69, 9.17) is 16.3 Å². The quantitative estimate of drug-likeness (QED) is 0.896. The van der Waals surface area contributed by atoms with Crippen LogP contribution >= 0.6 is 11.6 Å². The molecule has 0 unspecified atom stereocenters. The van der Waals surface area contributed by atoms with Gasteiger partial charge in [-0.25, -0.2) is 4.39 Å². The molecule has 0 aliphatic heterocycles. The van der Waals surface area contributed by atoms with Crippen molar-refractivity contribution in [3.8, 4) is 11.5 Å². The summed E-state index contributed by atoms with van der Waals surface area (Å²) in [5.41, 5.74) is 0.796. The summed E-state index contributed by atoms with van der Waals surface area (Å²) < 4.78 is 18.7. The highest BCUT2D eigenvalue weighted by atomic mass is 35.5. The van der Waals surface area contributed by atoms with E-state index < -0.39 is 11.9 Å². The van der Waals surface area contributed by atoms with Crippen molar-refractivity contribution in [2.24, 2.45) is 0 Å². The molecule has 0 spiro atoms. The van der Waals surface area contributed by atoms with Gasteiger partial charge in [-0.3, -0.25) is 0 Å². The second kappa shape index (κ2) is 5.38. The molecule has 0 aliphatic carbocycles. The second-order valence-electron chi connectivity index (χ2n) is 3.92. The molecule has 94 valence electrons. The zero-order valence-corrected chi connectivity index (χ0v) is 10.5. The van der Waals surface area contributed by atoms with Crippen LogP contribution in [0, 0.1) is 5.82 Å². The first kappa shape index (κ1) is 12.9. The highest BCUT2D eigenvalue weighted by molar-refractivity contribution is 6.30. The number of hydrogen-bond donors (Lipinski definition) is 1. The van der Waals surface area contributed by atoms with E-state index in [1.54, 1.807) is 37.3 Å². The molecule has 0 amide bonds. The van der Waals surface area contributed by atoms with E-state index in [1.165, 1.54) is 12.1 Å². The summed E-state index contributed by atoms with van der Waals surface area (Å²) in [5.74, 6) is 0.428. The number of halogens is 2. The van der Waals surface area contributed by atoms with Crippen molar-refractivity contribution in [3.63, 3.8) is 0 Å². The highest BCUT2D eigenvalue weighted by Gasteiger charge is 2.04. The Bertz CT molecular complexity index is 538. The second-order valence-corrected chi connectivity index (χ2v) is 4.33. The molecule has 2 aromatic rings. The molecule has 0 aliphatic rings. The van der Waals surface area contributed by atoms with Gasteiger partial charge in [-0.05, 0) is 36.8 Å². The molecule has 0 bridgehead atoms. The third kappa shape index (κ3) is 3.00. The lowest BCUT2D eigenvalue weighted by Gasteiger charge is -2.08. The van der Waals surface area contributed by atoms with Gasteiger partial charge in [0.2, 0.25) is 0 Å². The minimum absolute atomic E-state index is 0.0619. The average molecular weight is 267 g/mol. The standard InChI is InChI=1S/C14H12ClFO2/c1-9(17)10-2-4-11(5-3-10)18-12-6-7-13(15)14(16)8-12/h2-9,17H,1H3/t9-/m1/s1.